The SMILES string of the molecule is Cc1cccc(N2NCNC2=O)c1. The van der Waals surface area contributed by atoms with Gasteiger partial charge in [-0.2, -0.15) is 0 Å². The van der Waals surface area contributed by atoms with Gasteiger partial charge in [-0.3, -0.25) is 0 Å². The fourth-order valence-electron chi connectivity index (χ4n) is 1.32. The average molecular weight is 177 g/mol. The Morgan fingerprint density at radius 1 is 1.46 bits per heavy atom. The zero-order chi connectivity index (χ0) is 9.26. The minimum Gasteiger partial charge on any atom is -0.322 e. The molecule has 0 radical (unpaired) electrons. The van der Waals surface area contributed by atoms with Crippen LogP contribution in [0.2, 0.25) is 0 Å². The molecular weight excluding hydrogens is 166 g/mol. The molecule has 1 fully saturated rings. The second-order valence-corrected chi connectivity index (χ2v) is 2.99. The lowest BCUT2D eigenvalue weighted by molar-refractivity contribution is 0.251. The topological polar surface area (TPSA) is 44.4 Å². The first-order valence-electron chi connectivity index (χ1n) is 4.15. The van der Waals surface area contributed by atoms with Crippen LogP contribution in [0.1, 0.15) is 5.56 Å². The van der Waals surface area contributed by atoms with Crippen LogP contribution >= 0.6 is 0 Å². The van der Waals surface area contributed by atoms with Crippen LogP contribution in [-0.2, 0) is 0 Å². The van der Waals surface area contributed by atoms with Crippen LogP contribution < -0.4 is 15.8 Å². The molecule has 1 aliphatic heterocycles. The number of rotatable bonds is 1. The number of aryl methyl sites for hydroxylation is 1. The zero-order valence-corrected chi connectivity index (χ0v) is 7.37. The Labute approximate surface area is 76.5 Å². The first kappa shape index (κ1) is 8.07. The van der Waals surface area contributed by atoms with Gasteiger partial charge in [0.1, 0.15) is 0 Å². The summed E-state index contributed by atoms with van der Waals surface area (Å²) in [5.41, 5.74) is 4.93. The van der Waals surface area contributed by atoms with Crippen molar-refractivity contribution in [3.8, 4) is 0 Å². The third kappa shape index (κ3) is 1.48. The highest BCUT2D eigenvalue weighted by Crippen LogP contribution is 2.15. The van der Waals surface area contributed by atoms with E-state index >= 15 is 0 Å². The summed E-state index contributed by atoms with van der Waals surface area (Å²) in [5, 5.41) is 4.17. The van der Waals surface area contributed by atoms with Gasteiger partial charge >= 0.3 is 6.03 Å². The van der Waals surface area contributed by atoms with Gasteiger partial charge in [0.05, 0.1) is 12.4 Å². The zero-order valence-electron chi connectivity index (χ0n) is 7.37. The van der Waals surface area contributed by atoms with Crippen LogP contribution in [0.15, 0.2) is 24.3 Å². The summed E-state index contributed by atoms with van der Waals surface area (Å²) < 4.78 is 0. The van der Waals surface area contributed by atoms with Crippen molar-refractivity contribution >= 4 is 11.7 Å². The minimum atomic E-state index is -0.106. The van der Waals surface area contributed by atoms with Gasteiger partial charge in [0, 0.05) is 0 Å². The molecule has 2 N–H and O–H groups in total. The maximum atomic E-state index is 11.2. The average Bonchev–Trinajstić information content (AvgIpc) is 2.51. The highest BCUT2D eigenvalue weighted by molar-refractivity contribution is 5.92. The van der Waals surface area contributed by atoms with E-state index in [0.717, 1.165) is 11.3 Å². The van der Waals surface area contributed by atoms with E-state index in [2.05, 4.69) is 10.7 Å². The number of hydrogen-bond donors (Lipinski definition) is 2. The highest BCUT2D eigenvalue weighted by atomic mass is 16.2. The van der Waals surface area contributed by atoms with Crippen molar-refractivity contribution in [2.75, 3.05) is 11.7 Å². The maximum absolute atomic E-state index is 11.2. The normalized spacial score (nSPS) is 16.1. The molecule has 0 aliphatic carbocycles. The molecule has 0 spiro atoms. The number of anilines is 1. The lowest BCUT2D eigenvalue weighted by Gasteiger charge is -2.13. The lowest BCUT2D eigenvalue weighted by atomic mass is 10.2. The summed E-state index contributed by atoms with van der Waals surface area (Å²) in [6.07, 6.45) is 0. The Kier molecular flexibility index (Phi) is 1.90. The Balaban J connectivity index is 2.29. The predicted octanol–water partition coefficient (Wildman–Crippen LogP) is 0.987. The molecule has 2 amide bonds. The third-order valence-corrected chi connectivity index (χ3v) is 1.94. The molecule has 1 heterocycles. The fourth-order valence-corrected chi connectivity index (χ4v) is 1.32. The van der Waals surface area contributed by atoms with Crippen LogP contribution in [0.5, 0.6) is 0 Å². The van der Waals surface area contributed by atoms with Gasteiger partial charge in [-0.25, -0.2) is 15.2 Å². The molecule has 13 heavy (non-hydrogen) atoms. The molecule has 68 valence electrons. The van der Waals surface area contributed by atoms with Crippen molar-refractivity contribution in [2.24, 2.45) is 0 Å². The van der Waals surface area contributed by atoms with Crippen LogP contribution in [0.4, 0.5) is 10.5 Å². The van der Waals surface area contributed by atoms with Crippen molar-refractivity contribution in [1.29, 1.82) is 0 Å². The summed E-state index contributed by atoms with van der Waals surface area (Å²) in [7, 11) is 0. The molecule has 4 nitrogen and oxygen atoms in total. The van der Waals surface area contributed by atoms with Crippen LogP contribution in [0.3, 0.4) is 0 Å². The molecule has 0 aromatic heterocycles. The number of carbonyl (C=O) groups excluding carboxylic acids is 1. The van der Waals surface area contributed by atoms with Gasteiger partial charge in [0.25, 0.3) is 0 Å². The van der Waals surface area contributed by atoms with Gasteiger partial charge in [0.2, 0.25) is 0 Å². The van der Waals surface area contributed by atoms with E-state index in [9.17, 15) is 4.79 Å². The molecule has 1 aromatic carbocycles. The Bertz CT molecular complexity index is 337. The number of urea groups is 1. The molecule has 0 unspecified atom stereocenters. The van der Waals surface area contributed by atoms with Gasteiger partial charge in [-0.05, 0) is 24.6 Å². The second-order valence-electron chi connectivity index (χ2n) is 2.99. The Morgan fingerprint density at radius 2 is 2.31 bits per heavy atom. The quantitative estimate of drug-likeness (QED) is 0.671. The van der Waals surface area contributed by atoms with Crippen LogP contribution in [0, 0.1) is 6.92 Å². The third-order valence-electron chi connectivity index (χ3n) is 1.94. The van der Waals surface area contributed by atoms with Crippen molar-refractivity contribution < 1.29 is 4.79 Å². The number of hydrogen-bond acceptors (Lipinski definition) is 2. The summed E-state index contributed by atoms with van der Waals surface area (Å²) in [6, 6.07) is 7.67. The molecular formula is C9H11N3O. The van der Waals surface area contributed by atoms with E-state index in [1.54, 1.807) is 0 Å². The summed E-state index contributed by atoms with van der Waals surface area (Å²) >= 11 is 0. The summed E-state index contributed by atoms with van der Waals surface area (Å²) in [5.74, 6) is 0. The molecule has 4 heteroatoms. The number of nitrogens with one attached hydrogen (secondary N) is 2. The second kappa shape index (κ2) is 3.06. The Morgan fingerprint density at radius 3 is 2.92 bits per heavy atom. The molecule has 0 atom stereocenters. The number of hydrazine groups is 1. The predicted molar refractivity (Wildman–Crippen MR) is 50.2 cm³/mol. The largest absolute Gasteiger partial charge is 0.337 e. The number of amides is 2. The molecule has 2 rings (SSSR count). The number of benzene rings is 1. The molecule has 0 saturated carbocycles. The van der Waals surface area contributed by atoms with Crippen molar-refractivity contribution in [3.05, 3.63) is 29.8 Å². The Hall–Kier alpha value is -1.55. The smallest absolute Gasteiger partial charge is 0.322 e. The van der Waals surface area contributed by atoms with Crippen molar-refractivity contribution in [1.82, 2.24) is 10.7 Å². The molecule has 1 aromatic rings. The van der Waals surface area contributed by atoms with Gasteiger partial charge in [0.15, 0.2) is 0 Å². The van der Waals surface area contributed by atoms with E-state index in [1.165, 1.54) is 5.01 Å². The monoisotopic (exact) mass is 177 g/mol. The number of carbonyl (C=O) groups is 1. The van der Waals surface area contributed by atoms with Crippen LogP contribution in [0.25, 0.3) is 0 Å². The van der Waals surface area contributed by atoms with Crippen LogP contribution in [-0.4, -0.2) is 12.7 Å². The first-order chi connectivity index (χ1) is 6.27. The molecule has 1 saturated heterocycles. The first-order valence-corrected chi connectivity index (χ1v) is 4.15. The van der Waals surface area contributed by atoms with E-state index in [-0.39, 0.29) is 6.03 Å². The van der Waals surface area contributed by atoms with E-state index in [0.29, 0.717) is 6.67 Å². The number of nitrogens with zero attached hydrogens (tertiary/aromatic N) is 1. The summed E-state index contributed by atoms with van der Waals surface area (Å²) in [6.45, 7) is 2.49. The summed E-state index contributed by atoms with van der Waals surface area (Å²) in [4.78, 5) is 11.2. The standard InChI is InChI=1S/C9H11N3O/c1-7-3-2-4-8(5-7)12-9(13)10-6-11-12/h2-5,11H,6H2,1H3,(H,10,13). The van der Waals surface area contributed by atoms with Crippen molar-refractivity contribution in [2.45, 2.75) is 6.92 Å². The van der Waals surface area contributed by atoms with E-state index in [4.69, 9.17) is 0 Å². The van der Waals surface area contributed by atoms with Gasteiger partial charge in [-0.15, -0.1) is 0 Å². The minimum absolute atomic E-state index is 0.106. The maximum Gasteiger partial charge on any atom is 0.337 e. The van der Waals surface area contributed by atoms with Gasteiger partial charge < -0.3 is 5.32 Å². The fraction of sp³-hybridized carbons (Fsp3) is 0.222. The highest BCUT2D eigenvalue weighted by Gasteiger charge is 2.20. The van der Waals surface area contributed by atoms with E-state index < -0.39 is 0 Å². The lowest BCUT2D eigenvalue weighted by Crippen LogP contribution is -2.34. The van der Waals surface area contributed by atoms with E-state index in [1.807, 2.05) is 31.2 Å². The molecule has 1 aliphatic rings. The molecule has 0 bridgehead atoms. The van der Waals surface area contributed by atoms with Gasteiger partial charge in [-0.1, -0.05) is 12.1 Å². The van der Waals surface area contributed by atoms with Crippen molar-refractivity contribution in [3.63, 3.8) is 0 Å².